The van der Waals surface area contributed by atoms with E-state index in [-0.39, 0.29) is 21.5 Å². The van der Waals surface area contributed by atoms with Gasteiger partial charge in [-0.1, -0.05) is 54.4 Å². The van der Waals surface area contributed by atoms with Gasteiger partial charge in [0.05, 0.1) is 17.2 Å². The summed E-state index contributed by atoms with van der Waals surface area (Å²) < 4.78 is 46.1. The minimum Gasteiger partial charge on any atom is -0.482 e. The molecule has 0 aliphatic carbocycles. The van der Waals surface area contributed by atoms with E-state index in [1.807, 2.05) is 6.92 Å². The summed E-state index contributed by atoms with van der Waals surface area (Å²) in [5.41, 5.74) is -2.16. The van der Waals surface area contributed by atoms with E-state index in [0.29, 0.717) is 10.6 Å². The Kier molecular flexibility index (Phi) is 6.31. The van der Waals surface area contributed by atoms with Crippen LogP contribution in [0.25, 0.3) is 0 Å². The second kappa shape index (κ2) is 8.45. The first kappa shape index (κ1) is 22.4. The van der Waals surface area contributed by atoms with Crippen molar-refractivity contribution >= 4 is 34.8 Å². The molecule has 1 aliphatic heterocycles. The van der Waals surface area contributed by atoms with Gasteiger partial charge in [-0.15, -0.1) is 0 Å². The van der Waals surface area contributed by atoms with E-state index in [1.165, 1.54) is 18.2 Å². The quantitative estimate of drug-likeness (QED) is 0.695. The Morgan fingerprint density at radius 3 is 2.47 bits per heavy atom. The van der Waals surface area contributed by atoms with Gasteiger partial charge in [0.2, 0.25) is 0 Å². The molecule has 1 atom stereocenters. The van der Waals surface area contributed by atoms with Crippen LogP contribution in [-0.4, -0.2) is 40.2 Å². The summed E-state index contributed by atoms with van der Waals surface area (Å²) in [5.74, 6) is -1.12. The van der Waals surface area contributed by atoms with Crippen LogP contribution in [0.5, 0.6) is 5.75 Å². The molecule has 1 N–H and O–H groups in total. The number of nitrogens with zero attached hydrogens (tertiary/aromatic N) is 2. The van der Waals surface area contributed by atoms with Gasteiger partial charge < -0.3 is 9.84 Å². The number of hydrazone groups is 1. The summed E-state index contributed by atoms with van der Waals surface area (Å²) in [7, 11) is 0. The second-order valence-corrected chi connectivity index (χ2v) is 7.50. The molecule has 2 aromatic rings. The van der Waals surface area contributed by atoms with Crippen molar-refractivity contribution in [1.29, 1.82) is 0 Å². The SMILES string of the molecule is CCc1ccc(C2=NN(C(=O)COc3ccc(Cl)cc3Cl)[C@@](O)(C(F)(F)F)C2)cc1. The van der Waals surface area contributed by atoms with E-state index in [4.69, 9.17) is 27.9 Å². The zero-order chi connectivity index (χ0) is 22.1. The number of hydrogen-bond acceptors (Lipinski definition) is 4. The Morgan fingerprint density at radius 2 is 1.90 bits per heavy atom. The normalized spacial score (nSPS) is 19.0. The number of amides is 1. The molecule has 0 radical (unpaired) electrons. The second-order valence-electron chi connectivity index (χ2n) is 6.66. The predicted octanol–water partition coefficient (Wildman–Crippen LogP) is 4.82. The molecular formula is C20H17Cl2F3N2O3. The van der Waals surface area contributed by atoms with Crippen LogP contribution in [0.3, 0.4) is 0 Å². The van der Waals surface area contributed by atoms with Crippen LogP contribution in [0, 0.1) is 0 Å². The lowest BCUT2D eigenvalue weighted by atomic mass is 9.99. The van der Waals surface area contributed by atoms with Crippen molar-refractivity contribution in [3.63, 3.8) is 0 Å². The van der Waals surface area contributed by atoms with Gasteiger partial charge in [0.25, 0.3) is 11.6 Å². The van der Waals surface area contributed by atoms with Crippen molar-refractivity contribution in [2.45, 2.75) is 31.7 Å². The molecular weight excluding hydrogens is 444 g/mol. The van der Waals surface area contributed by atoms with Crippen LogP contribution >= 0.6 is 23.2 Å². The number of carbonyl (C=O) groups is 1. The highest BCUT2D eigenvalue weighted by Crippen LogP contribution is 2.41. The van der Waals surface area contributed by atoms with Gasteiger partial charge in [-0.2, -0.15) is 23.3 Å². The maximum Gasteiger partial charge on any atom is 0.438 e. The fourth-order valence-corrected chi connectivity index (χ4v) is 3.38. The highest BCUT2D eigenvalue weighted by Gasteiger charge is 2.63. The molecule has 1 heterocycles. The smallest absolute Gasteiger partial charge is 0.438 e. The molecule has 0 fully saturated rings. The minimum absolute atomic E-state index is 0.0277. The van der Waals surface area contributed by atoms with E-state index in [0.717, 1.165) is 12.0 Å². The minimum atomic E-state index is -5.13. The Balaban J connectivity index is 1.85. The van der Waals surface area contributed by atoms with E-state index >= 15 is 0 Å². The first-order valence-electron chi connectivity index (χ1n) is 8.92. The van der Waals surface area contributed by atoms with Crippen LogP contribution in [-0.2, 0) is 11.2 Å². The molecule has 1 aliphatic rings. The zero-order valence-corrected chi connectivity index (χ0v) is 17.2. The van der Waals surface area contributed by atoms with Gasteiger partial charge >= 0.3 is 6.18 Å². The van der Waals surface area contributed by atoms with Crippen LogP contribution in [0.2, 0.25) is 10.0 Å². The number of aryl methyl sites for hydroxylation is 1. The number of hydrogen-bond donors (Lipinski definition) is 1. The molecule has 0 aromatic heterocycles. The lowest BCUT2D eigenvalue weighted by Crippen LogP contribution is -2.57. The number of halogens is 5. The van der Waals surface area contributed by atoms with Crippen molar-refractivity contribution in [3.8, 4) is 5.75 Å². The number of rotatable bonds is 5. The van der Waals surface area contributed by atoms with Crippen LogP contribution in [0.1, 0.15) is 24.5 Å². The molecule has 0 spiro atoms. The third kappa shape index (κ3) is 4.40. The van der Waals surface area contributed by atoms with Crippen LogP contribution in [0.15, 0.2) is 47.6 Å². The van der Waals surface area contributed by atoms with Gasteiger partial charge in [0.15, 0.2) is 6.61 Å². The maximum absolute atomic E-state index is 13.6. The molecule has 0 bridgehead atoms. The summed E-state index contributed by atoms with van der Waals surface area (Å²) in [6.07, 6.45) is -5.26. The summed E-state index contributed by atoms with van der Waals surface area (Å²) in [6.45, 7) is 1.13. The molecule has 0 saturated carbocycles. The summed E-state index contributed by atoms with van der Waals surface area (Å²) in [6, 6.07) is 10.9. The monoisotopic (exact) mass is 460 g/mol. The zero-order valence-electron chi connectivity index (χ0n) is 15.7. The third-order valence-electron chi connectivity index (χ3n) is 4.62. The van der Waals surface area contributed by atoms with Crippen molar-refractivity contribution in [1.82, 2.24) is 5.01 Å². The molecule has 0 unspecified atom stereocenters. The Labute approximate surface area is 180 Å². The standard InChI is InChI=1S/C20H17Cl2F3N2O3/c1-2-12-3-5-13(6-4-12)16-10-19(29,20(23,24)25)27(26-16)18(28)11-30-17-8-7-14(21)9-15(17)22/h3-9,29H,2,10-11H2,1H3/t19-/m0/s1. The number of alkyl halides is 3. The lowest BCUT2D eigenvalue weighted by molar-refractivity contribution is -0.302. The molecule has 2 aromatic carbocycles. The largest absolute Gasteiger partial charge is 0.482 e. The van der Waals surface area contributed by atoms with Crippen molar-refractivity contribution in [2.75, 3.05) is 6.61 Å². The summed E-state index contributed by atoms with van der Waals surface area (Å²) in [4.78, 5) is 12.5. The Bertz CT molecular complexity index is 980. The van der Waals surface area contributed by atoms with Crippen LogP contribution in [0.4, 0.5) is 13.2 Å². The van der Waals surface area contributed by atoms with E-state index in [2.05, 4.69) is 5.10 Å². The fraction of sp³-hybridized carbons (Fsp3) is 0.300. The Morgan fingerprint density at radius 1 is 1.23 bits per heavy atom. The van der Waals surface area contributed by atoms with Gasteiger partial charge in [-0.05, 0) is 35.7 Å². The summed E-state index contributed by atoms with van der Waals surface area (Å²) >= 11 is 11.7. The third-order valence-corrected chi connectivity index (χ3v) is 5.15. The van der Waals surface area contributed by atoms with Crippen molar-refractivity contribution in [2.24, 2.45) is 5.10 Å². The predicted molar refractivity (Wildman–Crippen MR) is 107 cm³/mol. The highest BCUT2D eigenvalue weighted by molar-refractivity contribution is 6.35. The topological polar surface area (TPSA) is 62.1 Å². The van der Waals surface area contributed by atoms with E-state index < -0.39 is 30.8 Å². The summed E-state index contributed by atoms with van der Waals surface area (Å²) in [5, 5.41) is 14.6. The van der Waals surface area contributed by atoms with Gasteiger partial charge in [-0.3, -0.25) is 4.79 Å². The van der Waals surface area contributed by atoms with E-state index in [9.17, 15) is 23.1 Å². The van der Waals surface area contributed by atoms with E-state index in [1.54, 1.807) is 24.3 Å². The van der Waals surface area contributed by atoms with Crippen molar-refractivity contribution in [3.05, 3.63) is 63.6 Å². The average Bonchev–Trinajstić information content (AvgIpc) is 3.06. The van der Waals surface area contributed by atoms with Crippen LogP contribution < -0.4 is 4.74 Å². The number of carbonyl (C=O) groups excluding carboxylic acids is 1. The van der Waals surface area contributed by atoms with Gasteiger partial charge in [-0.25, -0.2) is 0 Å². The lowest BCUT2D eigenvalue weighted by Gasteiger charge is -2.32. The van der Waals surface area contributed by atoms with Gasteiger partial charge in [0.1, 0.15) is 5.75 Å². The molecule has 30 heavy (non-hydrogen) atoms. The molecule has 5 nitrogen and oxygen atoms in total. The van der Waals surface area contributed by atoms with Gasteiger partial charge in [0, 0.05) is 5.02 Å². The molecule has 3 rings (SSSR count). The number of aliphatic hydroxyl groups is 1. The first-order chi connectivity index (χ1) is 14.0. The highest BCUT2D eigenvalue weighted by atomic mass is 35.5. The molecule has 160 valence electrons. The first-order valence-corrected chi connectivity index (χ1v) is 9.67. The van der Waals surface area contributed by atoms with Crippen molar-refractivity contribution < 1.29 is 27.8 Å². The molecule has 1 amide bonds. The number of benzene rings is 2. The molecule has 0 saturated heterocycles. The molecule has 10 heteroatoms. The Hall–Kier alpha value is -2.29. The fourth-order valence-electron chi connectivity index (χ4n) is 2.92. The average molecular weight is 461 g/mol. The maximum atomic E-state index is 13.6. The number of ether oxygens (including phenoxy) is 1.